The van der Waals surface area contributed by atoms with Crippen LogP contribution in [0.3, 0.4) is 0 Å². The normalized spacial score (nSPS) is 10.9. The van der Waals surface area contributed by atoms with Crippen molar-refractivity contribution in [2.75, 3.05) is 0 Å². The van der Waals surface area contributed by atoms with Gasteiger partial charge in [-0.3, -0.25) is 5.10 Å². The van der Waals surface area contributed by atoms with Crippen LogP contribution in [0, 0.1) is 11.8 Å². The van der Waals surface area contributed by atoms with E-state index in [1.807, 2.05) is 0 Å². The predicted molar refractivity (Wildman–Crippen MR) is 57.0 cm³/mol. The number of pyridine rings is 2. The number of halogens is 2. The Morgan fingerprint density at radius 1 is 1.06 bits per heavy atom. The third-order valence-corrected chi connectivity index (χ3v) is 2.37. The highest BCUT2D eigenvalue weighted by atomic mass is 19.1. The molecule has 3 heterocycles. The van der Waals surface area contributed by atoms with Gasteiger partial charge in [0.25, 0.3) is 0 Å². The summed E-state index contributed by atoms with van der Waals surface area (Å²) in [5.74, 6) is -1.37. The third kappa shape index (κ3) is 1.54. The summed E-state index contributed by atoms with van der Waals surface area (Å²) in [6.07, 6.45) is 1.58. The molecule has 84 valence electrons. The minimum Gasteiger partial charge on any atom is -0.260 e. The van der Waals surface area contributed by atoms with E-state index in [4.69, 9.17) is 0 Å². The molecule has 3 rings (SSSR count). The zero-order chi connectivity index (χ0) is 11.8. The van der Waals surface area contributed by atoms with Crippen LogP contribution in [0.15, 0.2) is 30.5 Å². The van der Waals surface area contributed by atoms with Gasteiger partial charge in [-0.1, -0.05) is 0 Å². The summed E-state index contributed by atoms with van der Waals surface area (Å²) in [5.41, 5.74) is 0.641. The Labute approximate surface area is 94.3 Å². The number of nitrogens with one attached hydrogen (secondary N) is 1. The second-order valence-electron chi connectivity index (χ2n) is 3.44. The summed E-state index contributed by atoms with van der Waals surface area (Å²) in [5, 5.41) is 7.16. The van der Waals surface area contributed by atoms with Gasteiger partial charge in [-0.05, 0) is 24.3 Å². The van der Waals surface area contributed by atoms with Gasteiger partial charge in [0.15, 0.2) is 11.5 Å². The zero-order valence-electron chi connectivity index (χ0n) is 8.48. The molecule has 4 nitrogen and oxygen atoms in total. The number of hydrogen-bond acceptors (Lipinski definition) is 3. The molecule has 17 heavy (non-hydrogen) atoms. The van der Waals surface area contributed by atoms with Crippen LogP contribution in [0.25, 0.3) is 22.4 Å². The lowest BCUT2D eigenvalue weighted by molar-refractivity contribution is 0.563. The quantitative estimate of drug-likeness (QED) is 0.655. The lowest BCUT2D eigenvalue weighted by Crippen LogP contribution is -1.93. The van der Waals surface area contributed by atoms with Crippen molar-refractivity contribution in [1.82, 2.24) is 20.2 Å². The maximum atomic E-state index is 13.6. The molecule has 3 aromatic rings. The summed E-state index contributed by atoms with van der Waals surface area (Å²) >= 11 is 0. The number of aromatic nitrogens is 4. The van der Waals surface area contributed by atoms with Crippen molar-refractivity contribution < 1.29 is 8.78 Å². The molecule has 1 N–H and O–H groups in total. The molecule has 0 radical (unpaired) electrons. The summed E-state index contributed by atoms with van der Waals surface area (Å²) in [4.78, 5) is 7.53. The molecule has 0 atom stereocenters. The first-order valence-electron chi connectivity index (χ1n) is 4.87. The minimum atomic E-state index is -0.749. The van der Waals surface area contributed by atoms with Crippen LogP contribution < -0.4 is 0 Å². The second kappa shape index (κ2) is 3.58. The minimum absolute atomic E-state index is 0.121. The van der Waals surface area contributed by atoms with E-state index in [1.165, 1.54) is 0 Å². The first kappa shape index (κ1) is 9.83. The summed E-state index contributed by atoms with van der Waals surface area (Å²) in [6, 6.07) is 5.40. The van der Waals surface area contributed by atoms with Crippen LogP contribution in [0.4, 0.5) is 8.78 Å². The maximum Gasteiger partial charge on any atom is 0.213 e. The fraction of sp³-hybridized carbons (Fsp3) is 0. The van der Waals surface area contributed by atoms with Crippen molar-refractivity contribution >= 4 is 11.0 Å². The number of rotatable bonds is 1. The Morgan fingerprint density at radius 3 is 2.82 bits per heavy atom. The molecular weight excluding hydrogens is 226 g/mol. The molecule has 6 heteroatoms. The molecule has 0 aliphatic heterocycles. The van der Waals surface area contributed by atoms with Crippen molar-refractivity contribution in [1.29, 1.82) is 0 Å². The van der Waals surface area contributed by atoms with E-state index in [9.17, 15) is 8.78 Å². The van der Waals surface area contributed by atoms with Gasteiger partial charge in [-0.25, -0.2) is 14.4 Å². The second-order valence-corrected chi connectivity index (χ2v) is 3.44. The van der Waals surface area contributed by atoms with E-state index in [1.54, 1.807) is 18.3 Å². The van der Waals surface area contributed by atoms with Gasteiger partial charge in [-0.2, -0.15) is 9.49 Å². The number of hydrogen-bond donors (Lipinski definition) is 1. The highest BCUT2D eigenvalue weighted by Gasteiger charge is 2.15. The van der Waals surface area contributed by atoms with E-state index in [0.29, 0.717) is 11.0 Å². The molecule has 0 bridgehead atoms. The van der Waals surface area contributed by atoms with Crippen molar-refractivity contribution in [3.8, 4) is 11.4 Å². The van der Waals surface area contributed by atoms with Gasteiger partial charge in [0, 0.05) is 11.6 Å². The van der Waals surface area contributed by atoms with Crippen LogP contribution in [-0.2, 0) is 0 Å². The molecule has 3 aromatic heterocycles. The highest BCUT2D eigenvalue weighted by Crippen LogP contribution is 2.25. The lowest BCUT2D eigenvalue weighted by atomic mass is 10.2. The van der Waals surface area contributed by atoms with Crippen molar-refractivity contribution in [2.45, 2.75) is 0 Å². The topological polar surface area (TPSA) is 54.5 Å². The molecular formula is C11H6F2N4. The molecule has 0 fully saturated rings. The number of nitrogens with zero attached hydrogens (tertiary/aromatic N) is 3. The molecule has 0 aliphatic rings. The number of H-pyrrole nitrogens is 1. The zero-order valence-corrected chi connectivity index (χ0v) is 8.48. The fourth-order valence-corrected chi connectivity index (χ4v) is 1.62. The van der Waals surface area contributed by atoms with Crippen LogP contribution in [0.1, 0.15) is 0 Å². The van der Waals surface area contributed by atoms with E-state index in [2.05, 4.69) is 20.2 Å². The standard InChI is InChI=1S/C11H6F2N4/c12-7-3-4-8(13)15-10(7)9-6-2-1-5-14-11(6)17-16-9/h1-5H,(H,14,16,17). The van der Waals surface area contributed by atoms with E-state index < -0.39 is 11.8 Å². The summed E-state index contributed by atoms with van der Waals surface area (Å²) in [7, 11) is 0. The van der Waals surface area contributed by atoms with Crippen LogP contribution in [0.2, 0.25) is 0 Å². The van der Waals surface area contributed by atoms with E-state index in [-0.39, 0.29) is 11.4 Å². The first-order chi connectivity index (χ1) is 8.25. The summed E-state index contributed by atoms with van der Waals surface area (Å²) in [6.45, 7) is 0. The Morgan fingerprint density at radius 2 is 1.94 bits per heavy atom. The third-order valence-electron chi connectivity index (χ3n) is 2.37. The Balaban J connectivity index is 2.31. The smallest absolute Gasteiger partial charge is 0.213 e. The summed E-state index contributed by atoms with van der Waals surface area (Å²) < 4.78 is 26.6. The number of fused-ring (bicyclic) bond motifs is 1. The Hall–Kier alpha value is -2.37. The van der Waals surface area contributed by atoms with E-state index in [0.717, 1.165) is 12.1 Å². The van der Waals surface area contributed by atoms with Gasteiger partial charge >= 0.3 is 0 Å². The van der Waals surface area contributed by atoms with Crippen LogP contribution in [0.5, 0.6) is 0 Å². The Kier molecular flexibility index (Phi) is 2.07. The maximum absolute atomic E-state index is 13.6. The fourth-order valence-electron chi connectivity index (χ4n) is 1.62. The van der Waals surface area contributed by atoms with Gasteiger partial charge in [0.05, 0.1) is 0 Å². The highest BCUT2D eigenvalue weighted by molar-refractivity contribution is 5.89. The van der Waals surface area contributed by atoms with Crippen molar-refractivity contribution in [3.63, 3.8) is 0 Å². The molecule has 0 aromatic carbocycles. The van der Waals surface area contributed by atoms with Gasteiger partial charge < -0.3 is 0 Å². The SMILES string of the molecule is Fc1ccc(F)c(-c2n[nH]c3ncccc23)n1. The van der Waals surface area contributed by atoms with Gasteiger partial charge in [-0.15, -0.1) is 0 Å². The van der Waals surface area contributed by atoms with Crippen LogP contribution in [-0.4, -0.2) is 20.2 Å². The lowest BCUT2D eigenvalue weighted by Gasteiger charge is -1.98. The molecule has 0 spiro atoms. The largest absolute Gasteiger partial charge is 0.260 e. The monoisotopic (exact) mass is 232 g/mol. The molecule has 0 saturated heterocycles. The van der Waals surface area contributed by atoms with Gasteiger partial charge in [0.1, 0.15) is 11.4 Å². The van der Waals surface area contributed by atoms with Crippen molar-refractivity contribution in [2.24, 2.45) is 0 Å². The molecule has 0 aliphatic carbocycles. The number of aromatic amines is 1. The predicted octanol–water partition coefficient (Wildman–Crippen LogP) is 2.30. The molecule has 0 unspecified atom stereocenters. The van der Waals surface area contributed by atoms with Crippen molar-refractivity contribution in [3.05, 3.63) is 42.2 Å². The molecule has 0 amide bonds. The average molecular weight is 232 g/mol. The van der Waals surface area contributed by atoms with E-state index >= 15 is 0 Å². The average Bonchev–Trinajstić information content (AvgIpc) is 2.76. The van der Waals surface area contributed by atoms with Gasteiger partial charge in [0.2, 0.25) is 5.95 Å². The first-order valence-corrected chi connectivity index (χ1v) is 4.87. The Bertz CT molecular complexity index is 693. The molecule has 0 saturated carbocycles. The van der Waals surface area contributed by atoms with Crippen LogP contribution >= 0.6 is 0 Å².